The minimum atomic E-state index is -0.603. The Morgan fingerprint density at radius 1 is 1.46 bits per heavy atom. The molecule has 3 rings (SSSR count). The van der Waals surface area contributed by atoms with E-state index >= 15 is 0 Å². The number of likely N-dealkylation sites (tertiary alicyclic amines) is 1. The third-order valence-corrected chi connectivity index (χ3v) is 5.21. The van der Waals surface area contributed by atoms with Crippen molar-refractivity contribution in [3.8, 4) is 0 Å². The highest BCUT2D eigenvalue weighted by atomic mass is 35.5. The van der Waals surface area contributed by atoms with E-state index in [2.05, 4.69) is 32.1 Å². The maximum atomic E-state index is 11.1. The number of hydrogen-bond donors (Lipinski definition) is 1. The molecule has 0 bridgehead atoms. The van der Waals surface area contributed by atoms with Crippen molar-refractivity contribution in [2.45, 2.75) is 38.8 Å². The normalized spacial score (nSPS) is 18.5. The Bertz CT molecular complexity index is 740. The van der Waals surface area contributed by atoms with Gasteiger partial charge in [0.1, 0.15) is 6.33 Å². The van der Waals surface area contributed by atoms with E-state index in [1.165, 1.54) is 36.9 Å². The fraction of sp³-hybridized carbons (Fsp3) is 0.500. The van der Waals surface area contributed by atoms with E-state index in [1.54, 1.807) is 6.20 Å². The third-order valence-electron chi connectivity index (χ3n) is 4.04. The van der Waals surface area contributed by atoms with Crippen molar-refractivity contribution in [3.63, 3.8) is 0 Å². The Morgan fingerprint density at radius 2 is 2.29 bits per heavy atom. The van der Waals surface area contributed by atoms with Crippen molar-refractivity contribution in [3.05, 3.63) is 32.7 Å². The molecule has 0 amide bonds. The largest absolute Gasteiger partial charge is 0.348 e. The summed E-state index contributed by atoms with van der Waals surface area (Å²) in [5, 5.41) is 14.3. The molecule has 0 radical (unpaired) electrons. The van der Waals surface area contributed by atoms with Crippen molar-refractivity contribution in [1.29, 1.82) is 0 Å². The number of anilines is 2. The fourth-order valence-corrected chi connectivity index (χ4v) is 3.78. The van der Waals surface area contributed by atoms with Gasteiger partial charge in [0.05, 0.1) is 4.92 Å². The van der Waals surface area contributed by atoms with Gasteiger partial charge in [-0.05, 0) is 26.3 Å². The highest BCUT2D eigenvalue weighted by Crippen LogP contribution is 2.32. The van der Waals surface area contributed by atoms with Crippen LogP contribution in [0.15, 0.2) is 12.5 Å². The minimum Gasteiger partial charge on any atom is -0.310 e. The summed E-state index contributed by atoms with van der Waals surface area (Å²) in [5.74, 6) is 0.0484. The van der Waals surface area contributed by atoms with Crippen LogP contribution in [0.3, 0.4) is 0 Å². The van der Waals surface area contributed by atoms with Crippen LogP contribution in [0.5, 0.6) is 0 Å². The molecule has 8 nitrogen and oxygen atoms in total. The average molecular weight is 369 g/mol. The first-order valence-corrected chi connectivity index (χ1v) is 8.84. The highest BCUT2D eigenvalue weighted by Gasteiger charge is 2.23. The summed E-state index contributed by atoms with van der Waals surface area (Å²) < 4.78 is 0. The molecule has 10 heteroatoms. The lowest BCUT2D eigenvalue weighted by Crippen LogP contribution is -2.36. The van der Waals surface area contributed by atoms with Crippen LogP contribution in [0.1, 0.15) is 31.1 Å². The van der Waals surface area contributed by atoms with Crippen LogP contribution in [0.4, 0.5) is 16.6 Å². The van der Waals surface area contributed by atoms with Gasteiger partial charge in [-0.1, -0.05) is 18.0 Å². The molecular formula is C14H17ClN6O2S. The molecule has 0 aromatic carbocycles. The standard InChI is InChI=1S/C14H17ClN6O2S/c1-9-4-2-3-5-20(9)7-10-6-16-14(24-10)19-13-11(21(22)23)12(15)17-8-18-13/h6,8-9H,2-5,7H2,1H3,(H,16,17,18,19). The van der Waals surface area contributed by atoms with Gasteiger partial charge >= 0.3 is 5.69 Å². The molecule has 1 N–H and O–H groups in total. The second-order valence-corrected chi connectivity index (χ2v) is 7.16. The molecule has 1 aliphatic heterocycles. The first-order valence-electron chi connectivity index (χ1n) is 7.65. The van der Waals surface area contributed by atoms with Gasteiger partial charge in [-0.15, -0.1) is 11.3 Å². The summed E-state index contributed by atoms with van der Waals surface area (Å²) >= 11 is 7.24. The maximum absolute atomic E-state index is 11.1. The molecule has 0 aliphatic carbocycles. The lowest BCUT2D eigenvalue weighted by atomic mass is 10.0. The van der Waals surface area contributed by atoms with Crippen LogP contribution < -0.4 is 5.32 Å². The van der Waals surface area contributed by atoms with E-state index in [-0.39, 0.29) is 16.7 Å². The molecular weight excluding hydrogens is 352 g/mol. The van der Waals surface area contributed by atoms with E-state index in [0.717, 1.165) is 18.0 Å². The fourth-order valence-electron chi connectivity index (χ4n) is 2.74. The van der Waals surface area contributed by atoms with E-state index < -0.39 is 4.92 Å². The quantitative estimate of drug-likeness (QED) is 0.489. The van der Waals surface area contributed by atoms with Crippen molar-refractivity contribution in [2.75, 3.05) is 11.9 Å². The van der Waals surface area contributed by atoms with Gasteiger partial charge < -0.3 is 5.32 Å². The average Bonchev–Trinajstić information content (AvgIpc) is 2.96. The van der Waals surface area contributed by atoms with Gasteiger partial charge in [-0.25, -0.2) is 15.0 Å². The predicted octanol–water partition coefficient (Wildman–Crippen LogP) is 3.61. The summed E-state index contributed by atoms with van der Waals surface area (Å²) in [6.45, 7) is 4.17. The van der Waals surface area contributed by atoms with Crippen molar-refractivity contribution in [1.82, 2.24) is 19.9 Å². The molecule has 0 saturated carbocycles. The Hall–Kier alpha value is -1.84. The first kappa shape index (κ1) is 17.0. The summed E-state index contributed by atoms with van der Waals surface area (Å²) in [7, 11) is 0. The van der Waals surface area contributed by atoms with Gasteiger partial charge in [-0.3, -0.25) is 15.0 Å². The molecule has 3 heterocycles. The van der Waals surface area contributed by atoms with Crippen molar-refractivity contribution >= 4 is 39.6 Å². The molecule has 1 fully saturated rings. The first-order chi connectivity index (χ1) is 11.5. The van der Waals surface area contributed by atoms with Crippen LogP contribution in [-0.4, -0.2) is 37.4 Å². The van der Waals surface area contributed by atoms with Crippen LogP contribution in [0.25, 0.3) is 0 Å². The number of nitrogens with one attached hydrogen (secondary N) is 1. The number of rotatable bonds is 5. The summed E-state index contributed by atoms with van der Waals surface area (Å²) in [4.78, 5) is 25.9. The molecule has 1 unspecified atom stereocenters. The van der Waals surface area contributed by atoms with E-state index in [9.17, 15) is 10.1 Å². The number of piperidine rings is 1. The number of hydrogen-bond acceptors (Lipinski definition) is 8. The molecule has 2 aromatic rings. The summed E-state index contributed by atoms with van der Waals surface area (Å²) in [6, 6.07) is 0.569. The molecule has 24 heavy (non-hydrogen) atoms. The van der Waals surface area contributed by atoms with E-state index in [4.69, 9.17) is 11.6 Å². The third kappa shape index (κ3) is 3.80. The summed E-state index contributed by atoms with van der Waals surface area (Å²) in [5.41, 5.74) is -0.347. The Kier molecular flexibility index (Phi) is 5.22. The van der Waals surface area contributed by atoms with Gasteiger partial charge in [-0.2, -0.15) is 0 Å². The second kappa shape index (κ2) is 7.37. The van der Waals surface area contributed by atoms with Crippen LogP contribution in [-0.2, 0) is 6.54 Å². The molecule has 1 aliphatic rings. The number of aromatic nitrogens is 3. The zero-order chi connectivity index (χ0) is 17.1. The minimum absolute atomic E-state index is 0.0484. The highest BCUT2D eigenvalue weighted by molar-refractivity contribution is 7.15. The smallest absolute Gasteiger partial charge is 0.310 e. The molecule has 0 spiro atoms. The van der Waals surface area contributed by atoms with Gasteiger partial charge in [0, 0.05) is 23.7 Å². The Morgan fingerprint density at radius 3 is 3.04 bits per heavy atom. The molecule has 2 aromatic heterocycles. The predicted molar refractivity (Wildman–Crippen MR) is 92.8 cm³/mol. The number of thiazole rings is 1. The molecule has 128 valence electrons. The number of nitro groups is 1. The maximum Gasteiger partial charge on any atom is 0.348 e. The van der Waals surface area contributed by atoms with E-state index in [1.807, 2.05) is 0 Å². The Balaban J connectivity index is 1.73. The monoisotopic (exact) mass is 368 g/mol. The number of nitrogens with zero attached hydrogens (tertiary/aromatic N) is 5. The zero-order valence-electron chi connectivity index (χ0n) is 13.1. The topological polar surface area (TPSA) is 97.1 Å². The van der Waals surface area contributed by atoms with Gasteiger partial charge in [0.15, 0.2) is 5.13 Å². The van der Waals surface area contributed by atoms with Gasteiger partial charge in [0.25, 0.3) is 0 Å². The van der Waals surface area contributed by atoms with Crippen LogP contribution >= 0.6 is 22.9 Å². The lowest BCUT2D eigenvalue weighted by Gasteiger charge is -2.32. The van der Waals surface area contributed by atoms with Crippen LogP contribution in [0.2, 0.25) is 5.15 Å². The molecule has 1 atom stereocenters. The van der Waals surface area contributed by atoms with Gasteiger partial charge in [0.2, 0.25) is 11.0 Å². The van der Waals surface area contributed by atoms with Crippen molar-refractivity contribution < 1.29 is 4.92 Å². The lowest BCUT2D eigenvalue weighted by molar-refractivity contribution is -0.384. The number of halogens is 1. The Labute approximate surface area is 148 Å². The zero-order valence-corrected chi connectivity index (χ0v) is 14.7. The second-order valence-electron chi connectivity index (χ2n) is 5.69. The molecule has 1 saturated heterocycles. The summed E-state index contributed by atoms with van der Waals surface area (Å²) in [6.07, 6.45) is 6.70. The SMILES string of the molecule is CC1CCCCN1Cc1cnc(Nc2ncnc(Cl)c2[N+](=O)[O-])s1. The van der Waals surface area contributed by atoms with E-state index in [0.29, 0.717) is 11.2 Å². The van der Waals surface area contributed by atoms with Crippen LogP contribution in [0, 0.1) is 10.1 Å². The van der Waals surface area contributed by atoms with Crippen molar-refractivity contribution in [2.24, 2.45) is 0 Å².